The Morgan fingerprint density at radius 1 is 1.27 bits per heavy atom. The van der Waals surface area contributed by atoms with Crippen molar-refractivity contribution in [2.75, 3.05) is 7.05 Å². The number of sulfonamides is 1. The van der Waals surface area contributed by atoms with Crippen LogP contribution in [0, 0.1) is 5.82 Å². The van der Waals surface area contributed by atoms with Crippen LogP contribution in [-0.4, -0.2) is 37.9 Å². The van der Waals surface area contributed by atoms with E-state index in [-0.39, 0.29) is 34.4 Å². The molecule has 0 saturated heterocycles. The topological polar surface area (TPSA) is 122 Å². The highest BCUT2D eigenvalue weighted by Crippen LogP contribution is 2.41. The molecule has 0 aliphatic carbocycles. The molecule has 2 aromatic carbocycles. The summed E-state index contributed by atoms with van der Waals surface area (Å²) in [6.45, 7) is 0. The van der Waals surface area contributed by atoms with Gasteiger partial charge >= 0.3 is 0 Å². The summed E-state index contributed by atoms with van der Waals surface area (Å²) in [7, 11) is -2.38. The van der Waals surface area contributed by atoms with E-state index < -0.39 is 21.9 Å². The highest BCUT2D eigenvalue weighted by atomic mass is 35.5. The van der Waals surface area contributed by atoms with Crippen LogP contribution in [0.25, 0.3) is 11.3 Å². The molecule has 30 heavy (non-hydrogen) atoms. The first-order valence-corrected chi connectivity index (χ1v) is 10.7. The Kier molecular flexibility index (Phi) is 6.44. The first kappa shape index (κ1) is 22.2. The molecular formula is C19H19ClFN3O5S. The Hall–Kier alpha value is -2.50. The average molecular weight is 456 g/mol. The van der Waals surface area contributed by atoms with E-state index in [0.717, 1.165) is 6.07 Å². The third-order valence-electron chi connectivity index (χ3n) is 4.59. The van der Waals surface area contributed by atoms with E-state index in [9.17, 15) is 22.8 Å². The van der Waals surface area contributed by atoms with Gasteiger partial charge in [-0.1, -0.05) is 23.7 Å². The van der Waals surface area contributed by atoms with E-state index in [1.807, 2.05) is 0 Å². The van der Waals surface area contributed by atoms with Crippen molar-refractivity contribution in [2.24, 2.45) is 5.14 Å². The van der Waals surface area contributed by atoms with Crippen LogP contribution >= 0.6 is 11.6 Å². The Balaban J connectivity index is 2.11. The molecule has 0 spiro atoms. The number of carbonyl (C=O) groups is 1. The molecule has 0 fully saturated rings. The van der Waals surface area contributed by atoms with Crippen molar-refractivity contribution < 1.29 is 27.6 Å². The van der Waals surface area contributed by atoms with Crippen molar-refractivity contribution in [2.45, 2.75) is 23.8 Å². The van der Waals surface area contributed by atoms with Crippen LogP contribution in [-0.2, 0) is 19.7 Å². The molecule has 160 valence electrons. The highest BCUT2D eigenvalue weighted by molar-refractivity contribution is 7.89. The van der Waals surface area contributed by atoms with Gasteiger partial charge in [0.1, 0.15) is 17.6 Å². The maximum absolute atomic E-state index is 13.6. The second-order valence-corrected chi connectivity index (χ2v) is 8.51. The second-order valence-electron chi connectivity index (χ2n) is 6.54. The molecule has 1 heterocycles. The molecule has 0 aromatic heterocycles. The van der Waals surface area contributed by atoms with E-state index in [4.69, 9.17) is 21.6 Å². The van der Waals surface area contributed by atoms with E-state index >= 15 is 0 Å². The summed E-state index contributed by atoms with van der Waals surface area (Å²) in [6.07, 6.45) is -0.390. The smallest absolute Gasteiger partial charge is 0.238 e. The molecule has 1 unspecified atom stereocenters. The minimum Gasteiger partial charge on any atom is -0.359 e. The van der Waals surface area contributed by atoms with E-state index in [0.29, 0.717) is 21.9 Å². The number of hydroxylamine groups is 2. The van der Waals surface area contributed by atoms with Crippen LogP contribution < -0.4 is 10.5 Å². The number of halogens is 2. The molecule has 2 aromatic rings. The minimum atomic E-state index is -3.89. The number of hydrogen-bond acceptors (Lipinski definition) is 6. The summed E-state index contributed by atoms with van der Waals surface area (Å²) in [5, 5.41) is 18.5. The first-order valence-electron chi connectivity index (χ1n) is 8.81. The number of benzene rings is 2. The van der Waals surface area contributed by atoms with E-state index in [2.05, 4.69) is 5.32 Å². The molecule has 1 aliphatic rings. The SMILES string of the molecule is CNC(=O)CCC1ON(O)C(c2ccc(F)c(Cl)c2)=C1c1ccc(S(N)(=O)=O)cc1. The van der Waals surface area contributed by atoms with Crippen LogP contribution in [0.1, 0.15) is 24.0 Å². The first-order chi connectivity index (χ1) is 14.1. The quantitative estimate of drug-likeness (QED) is 0.615. The lowest BCUT2D eigenvalue weighted by atomic mass is 9.93. The number of rotatable bonds is 6. The molecule has 0 saturated carbocycles. The number of nitrogens with one attached hydrogen (secondary N) is 1. The fraction of sp³-hybridized carbons (Fsp3) is 0.211. The van der Waals surface area contributed by atoms with Gasteiger partial charge in [0.2, 0.25) is 15.9 Å². The predicted octanol–water partition coefficient (Wildman–Crippen LogP) is 2.53. The van der Waals surface area contributed by atoms with Crippen LogP contribution in [0.15, 0.2) is 47.4 Å². The lowest BCUT2D eigenvalue weighted by molar-refractivity contribution is -0.297. The van der Waals surface area contributed by atoms with Crippen molar-refractivity contribution in [3.05, 3.63) is 64.4 Å². The number of hydrogen-bond donors (Lipinski definition) is 3. The number of primary sulfonamides is 1. The zero-order valence-corrected chi connectivity index (χ0v) is 17.4. The van der Waals surface area contributed by atoms with Gasteiger partial charge in [0.25, 0.3) is 0 Å². The van der Waals surface area contributed by atoms with Crippen molar-refractivity contribution in [3.63, 3.8) is 0 Å². The summed E-state index contributed by atoms with van der Waals surface area (Å²) in [5.41, 5.74) is 1.57. The summed E-state index contributed by atoms with van der Waals surface area (Å²) in [5.74, 6) is -0.843. The summed E-state index contributed by atoms with van der Waals surface area (Å²) < 4.78 is 36.7. The largest absolute Gasteiger partial charge is 0.359 e. The zero-order valence-electron chi connectivity index (χ0n) is 15.8. The minimum absolute atomic E-state index is 0.0834. The summed E-state index contributed by atoms with van der Waals surface area (Å²) in [4.78, 5) is 17.1. The summed E-state index contributed by atoms with van der Waals surface area (Å²) in [6, 6.07) is 9.57. The van der Waals surface area contributed by atoms with Crippen LogP contribution in [0.3, 0.4) is 0 Å². The van der Waals surface area contributed by atoms with Gasteiger partial charge in [-0.15, -0.1) is 5.23 Å². The Morgan fingerprint density at radius 2 is 1.90 bits per heavy atom. The number of nitrogens with two attached hydrogens (primary N) is 1. The van der Waals surface area contributed by atoms with Gasteiger partial charge in [0, 0.05) is 24.6 Å². The van der Waals surface area contributed by atoms with Gasteiger partial charge in [-0.25, -0.2) is 22.8 Å². The summed E-state index contributed by atoms with van der Waals surface area (Å²) >= 11 is 5.89. The lowest BCUT2D eigenvalue weighted by Crippen LogP contribution is -2.22. The van der Waals surface area contributed by atoms with E-state index in [1.165, 1.54) is 43.4 Å². The molecule has 1 atom stereocenters. The number of amides is 1. The Labute approximate surface area is 177 Å². The normalized spacial score (nSPS) is 16.8. The molecule has 1 amide bonds. The predicted molar refractivity (Wildman–Crippen MR) is 108 cm³/mol. The Morgan fingerprint density at radius 3 is 2.47 bits per heavy atom. The van der Waals surface area contributed by atoms with Crippen LogP contribution in [0.4, 0.5) is 4.39 Å². The van der Waals surface area contributed by atoms with Crippen molar-refractivity contribution in [1.82, 2.24) is 10.5 Å². The fourth-order valence-electron chi connectivity index (χ4n) is 3.12. The van der Waals surface area contributed by atoms with Gasteiger partial charge in [-0.3, -0.25) is 10.0 Å². The van der Waals surface area contributed by atoms with Gasteiger partial charge in [0.15, 0.2) is 0 Å². The maximum atomic E-state index is 13.6. The number of nitrogens with zero attached hydrogens (tertiary/aromatic N) is 1. The van der Waals surface area contributed by atoms with Crippen molar-refractivity contribution in [1.29, 1.82) is 0 Å². The third kappa shape index (κ3) is 4.63. The van der Waals surface area contributed by atoms with Crippen LogP contribution in [0.5, 0.6) is 0 Å². The second kappa shape index (κ2) is 8.70. The molecule has 3 rings (SSSR count). The fourth-order valence-corrected chi connectivity index (χ4v) is 3.82. The van der Waals surface area contributed by atoms with Crippen molar-refractivity contribution >= 4 is 38.8 Å². The molecule has 11 heteroatoms. The molecule has 0 radical (unpaired) electrons. The van der Waals surface area contributed by atoms with Gasteiger partial charge in [-0.2, -0.15) is 0 Å². The molecule has 4 N–H and O–H groups in total. The number of carbonyl (C=O) groups excluding carboxylic acids is 1. The third-order valence-corrected chi connectivity index (χ3v) is 5.81. The maximum Gasteiger partial charge on any atom is 0.238 e. The molecule has 8 nitrogen and oxygen atoms in total. The zero-order chi connectivity index (χ0) is 22.1. The standard InChI is InChI=1S/C19H19ClFN3O5S/c1-23-17(25)9-8-16-18(11-2-5-13(6-3-11)30(22,27)28)19(24(26)29-16)12-4-7-15(21)14(20)10-12/h2-7,10,16,26H,8-9H2,1H3,(H,23,25)(H2,22,27,28). The monoisotopic (exact) mass is 455 g/mol. The molecule has 1 aliphatic heterocycles. The van der Waals surface area contributed by atoms with Crippen LogP contribution in [0.2, 0.25) is 5.02 Å². The molecular weight excluding hydrogens is 437 g/mol. The van der Waals surface area contributed by atoms with Gasteiger partial charge in [0.05, 0.1) is 9.92 Å². The average Bonchev–Trinajstić information content (AvgIpc) is 3.03. The lowest BCUT2D eigenvalue weighted by Gasteiger charge is -2.14. The van der Waals surface area contributed by atoms with Crippen molar-refractivity contribution in [3.8, 4) is 0 Å². The molecule has 0 bridgehead atoms. The van der Waals surface area contributed by atoms with E-state index in [1.54, 1.807) is 0 Å². The Bertz CT molecular complexity index is 1110. The highest BCUT2D eigenvalue weighted by Gasteiger charge is 2.35. The van der Waals surface area contributed by atoms with Gasteiger partial charge in [-0.05, 0) is 42.3 Å². The van der Waals surface area contributed by atoms with Gasteiger partial charge < -0.3 is 5.32 Å².